The van der Waals surface area contributed by atoms with E-state index in [-0.39, 0.29) is 23.2 Å². The van der Waals surface area contributed by atoms with Crippen LogP contribution < -0.4 is 5.32 Å². The average molecular weight is 521 g/mol. The summed E-state index contributed by atoms with van der Waals surface area (Å²) in [6.07, 6.45) is 0. The van der Waals surface area contributed by atoms with Crippen molar-refractivity contribution in [2.75, 3.05) is 31.5 Å². The van der Waals surface area contributed by atoms with Crippen molar-refractivity contribution in [3.05, 3.63) is 142 Å². The second kappa shape index (κ2) is 11.7. The minimum atomic E-state index is -0.517. The van der Waals surface area contributed by atoms with Crippen molar-refractivity contribution in [1.29, 1.82) is 0 Å². The summed E-state index contributed by atoms with van der Waals surface area (Å²) in [4.78, 5) is 41.0. The van der Waals surface area contributed by atoms with Crippen molar-refractivity contribution in [3.63, 3.8) is 0 Å². The van der Waals surface area contributed by atoms with Gasteiger partial charge in [0, 0.05) is 43.9 Å². The van der Waals surface area contributed by atoms with E-state index in [1.807, 2.05) is 41.3 Å². The van der Waals surface area contributed by atoms with Gasteiger partial charge in [-0.05, 0) is 35.4 Å². The minimum absolute atomic E-state index is 0.0944. The van der Waals surface area contributed by atoms with Crippen LogP contribution in [0.1, 0.15) is 37.9 Å². The van der Waals surface area contributed by atoms with E-state index in [1.165, 1.54) is 35.4 Å². The van der Waals surface area contributed by atoms with E-state index in [0.29, 0.717) is 37.4 Å². The number of nitro groups is 1. The number of carbonyl (C=O) groups excluding carboxylic acids is 2. The number of amides is 2. The summed E-state index contributed by atoms with van der Waals surface area (Å²) in [7, 11) is 0. The molecule has 1 N–H and O–H groups in total. The Morgan fingerprint density at radius 1 is 0.718 bits per heavy atom. The molecular weight excluding hydrogens is 492 g/mol. The Morgan fingerprint density at radius 2 is 1.26 bits per heavy atom. The topological polar surface area (TPSA) is 95.8 Å². The van der Waals surface area contributed by atoms with Gasteiger partial charge in [0.15, 0.2) is 0 Å². The van der Waals surface area contributed by atoms with Crippen molar-refractivity contribution in [2.24, 2.45) is 0 Å². The van der Waals surface area contributed by atoms with Crippen molar-refractivity contribution >= 4 is 23.2 Å². The third-order valence-corrected chi connectivity index (χ3v) is 6.94. The second-order valence-electron chi connectivity index (χ2n) is 9.36. The lowest BCUT2D eigenvalue weighted by atomic mass is 9.96. The van der Waals surface area contributed by atoms with E-state index in [4.69, 9.17) is 0 Å². The summed E-state index contributed by atoms with van der Waals surface area (Å²) in [6.45, 7) is 2.52. The van der Waals surface area contributed by atoms with E-state index in [0.717, 1.165) is 0 Å². The van der Waals surface area contributed by atoms with Gasteiger partial charge in [0.05, 0.1) is 22.2 Å². The molecule has 2 amide bonds. The molecule has 1 aliphatic heterocycles. The standard InChI is InChI=1S/C31H28N4O4/c36-30(25-15-17-26(18-16-25)35(38)39)32-28-14-8-7-13-27(28)31(37)34-21-19-33(20-22-34)29(23-9-3-1-4-10-23)24-11-5-2-6-12-24/h1-18,29H,19-22H2,(H,32,36). The van der Waals surface area contributed by atoms with Gasteiger partial charge in [-0.15, -0.1) is 0 Å². The Morgan fingerprint density at radius 3 is 1.82 bits per heavy atom. The number of nitro benzene ring substituents is 1. The molecule has 5 rings (SSSR count). The summed E-state index contributed by atoms with van der Waals surface area (Å²) in [5.74, 6) is -0.589. The quantitative estimate of drug-likeness (QED) is 0.260. The number of hydrogen-bond donors (Lipinski definition) is 1. The SMILES string of the molecule is O=C(Nc1ccccc1C(=O)N1CCN(C(c2ccccc2)c2ccccc2)CC1)c1ccc([N+](=O)[O-])cc1. The van der Waals surface area contributed by atoms with E-state index in [2.05, 4.69) is 34.5 Å². The number of nitrogens with zero attached hydrogens (tertiary/aromatic N) is 3. The highest BCUT2D eigenvalue weighted by molar-refractivity contribution is 6.09. The molecule has 4 aromatic carbocycles. The van der Waals surface area contributed by atoms with Crippen molar-refractivity contribution in [3.8, 4) is 0 Å². The predicted octanol–water partition coefficient (Wildman–Crippen LogP) is 5.39. The van der Waals surface area contributed by atoms with Crippen molar-refractivity contribution < 1.29 is 14.5 Å². The fraction of sp³-hybridized carbons (Fsp3) is 0.161. The Labute approximate surface area is 226 Å². The monoisotopic (exact) mass is 520 g/mol. The summed E-state index contributed by atoms with van der Waals surface area (Å²) < 4.78 is 0. The van der Waals surface area contributed by atoms with Gasteiger partial charge in [0.2, 0.25) is 0 Å². The number of piperazine rings is 1. The minimum Gasteiger partial charge on any atom is -0.336 e. The molecule has 39 heavy (non-hydrogen) atoms. The zero-order valence-electron chi connectivity index (χ0n) is 21.3. The molecule has 1 fully saturated rings. The van der Waals surface area contributed by atoms with Crippen LogP contribution in [-0.4, -0.2) is 52.7 Å². The van der Waals surface area contributed by atoms with Crippen LogP contribution in [-0.2, 0) is 0 Å². The van der Waals surface area contributed by atoms with Crippen LogP contribution in [0.5, 0.6) is 0 Å². The molecule has 0 spiro atoms. The fourth-order valence-electron chi connectivity index (χ4n) is 4.95. The lowest BCUT2D eigenvalue weighted by Gasteiger charge is -2.40. The number of nitrogens with one attached hydrogen (secondary N) is 1. The van der Waals surface area contributed by atoms with Crippen molar-refractivity contribution in [1.82, 2.24) is 9.80 Å². The first-order valence-corrected chi connectivity index (χ1v) is 12.8. The van der Waals surface area contributed by atoms with Crippen LogP contribution in [0.15, 0.2) is 109 Å². The molecule has 1 heterocycles. The maximum atomic E-state index is 13.6. The zero-order valence-corrected chi connectivity index (χ0v) is 21.3. The molecule has 0 atom stereocenters. The van der Waals surface area contributed by atoms with Crippen LogP contribution in [0.25, 0.3) is 0 Å². The van der Waals surface area contributed by atoms with Crippen LogP contribution in [0.3, 0.4) is 0 Å². The third-order valence-electron chi connectivity index (χ3n) is 6.94. The Kier molecular flexibility index (Phi) is 7.75. The fourth-order valence-corrected chi connectivity index (χ4v) is 4.95. The highest BCUT2D eigenvalue weighted by Crippen LogP contribution is 2.30. The van der Waals surface area contributed by atoms with Gasteiger partial charge in [0.1, 0.15) is 0 Å². The lowest BCUT2D eigenvalue weighted by molar-refractivity contribution is -0.384. The number of benzene rings is 4. The first kappa shape index (κ1) is 25.8. The summed E-state index contributed by atoms with van der Waals surface area (Å²) >= 11 is 0. The number of para-hydroxylation sites is 1. The summed E-state index contributed by atoms with van der Waals surface area (Å²) in [6, 6.07) is 33.1. The third kappa shape index (κ3) is 5.86. The van der Waals surface area contributed by atoms with E-state index >= 15 is 0 Å². The van der Waals surface area contributed by atoms with Gasteiger partial charge in [-0.3, -0.25) is 24.6 Å². The highest BCUT2D eigenvalue weighted by atomic mass is 16.6. The molecular formula is C31H28N4O4. The number of anilines is 1. The molecule has 0 unspecified atom stereocenters. The molecule has 196 valence electrons. The van der Waals surface area contributed by atoms with Crippen LogP contribution in [0.2, 0.25) is 0 Å². The molecule has 0 saturated carbocycles. The van der Waals surface area contributed by atoms with Gasteiger partial charge in [-0.2, -0.15) is 0 Å². The molecule has 4 aromatic rings. The lowest BCUT2D eigenvalue weighted by Crippen LogP contribution is -2.50. The maximum absolute atomic E-state index is 13.6. The molecule has 0 aromatic heterocycles. The highest BCUT2D eigenvalue weighted by Gasteiger charge is 2.29. The maximum Gasteiger partial charge on any atom is 0.269 e. The molecule has 1 saturated heterocycles. The number of carbonyl (C=O) groups is 2. The van der Waals surface area contributed by atoms with E-state index < -0.39 is 10.8 Å². The van der Waals surface area contributed by atoms with Gasteiger partial charge in [-0.25, -0.2) is 0 Å². The smallest absolute Gasteiger partial charge is 0.269 e. The van der Waals surface area contributed by atoms with Gasteiger partial charge >= 0.3 is 0 Å². The normalized spacial score (nSPS) is 13.7. The average Bonchev–Trinajstić information content (AvgIpc) is 2.99. The molecule has 0 radical (unpaired) electrons. The second-order valence-corrected chi connectivity index (χ2v) is 9.36. The molecule has 8 heteroatoms. The van der Waals surface area contributed by atoms with Crippen LogP contribution in [0.4, 0.5) is 11.4 Å². The number of hydrogen-bond acceptors (Lipinski definition) is 5. The van der Waals surface area contributed by atoms with Gasteiger partial charge < -0.3 is 10.2 Å². The molecule has 8 nitrogen and oxygen atoms in total. The number of non-ortho nitro benzene ring substituents is 1. The van der Waals surface area contributed by atoms with E-state index in [9.17, 15) is 19.7 Å². The Balaban J connectivity index is 1.29. The first-order chi connectivity index (χ1) is 19.0. The zero-order chi connectivity index (χ0) is 27.2. The van der Waals surface area contributed by atoms with Crippen LogP contribution >= 0.6 is 0 Å². The Bertz CT molecular complexity index is 1410. The largest absolute Gasteiger partial charge is 0.336 e. The van der Waals surface area contributed by atoms with E-state index in [1.54, 1.807) is 24.3 Å². The van der Waals surface area contributed by atoms with Gasteiger partial charge in [-0.1, -0.05) is 72.8 Å². The van der Waals surface area contributed by atoms with Crippen molar-refractivity contribution in [2.45, 2.75) is 6.04 Å². The summed E-state index contributed by atoms with van der Waals surface area (Å²) in [5.41, 5.74) is 3.40. The van der Waals surface area contributed by atoms with Crippen LogP contribution in [0, 0.1) is 10.1 Å². The molecule has 0 aliphatic carbocycles. The number of rotatable bonds is 7. The summed E-state index contributed by atoms with van der Waals surface area (Å²) in [5, 5.41) is 13.7. The predicted molar refractivity (Wildman–Crippen MR) is 150 cm³/mol. The van der Waals surface area contributed by atoms with Gasteiger partial charge in [0.25, 0.3) is 17.5 Å². The molecule has 0 bridgehead atoms. The first-order valence-electron chi connectivity index (χ1n) is 12.8. The Hall–Kier alpha value is -4.82. The molecule has 1 aliphatic rings.